The quantitative estimate of drug-likeness (QED) is 0.847. The van der Waals surface area contributed by atoms with Gasteiger partial charge in [-0.25, -0.2) is 0 Å². The molecule has 0 heterocycles. The van der Waals surface area contributed by atoms with Gasteiger partial charge in [0.2, 0.25) is 0 Å². The van der Waals surface area contributed by atoms with Crippen molar-refractivity contribution in [2.24, 2.45) is 0 Å². The molecule has 4 nitrogen and oxygen atoms in total. The van der Waals surface area contributed by atoms with Crippen LogP contribution in [0.5, 0.6) is 5.75 Å². The van der Waals surface area contributed by atoms with Crippen molar-refractivity contribution in [1.29, 1.82) is 0 Å². The first-order chi connectivity index (χ1) is 9.55. The third-order valence-electron chi connectivity index (χ3n) is 2.32. The second kappa shape index (κ2) is 7.00. The molecule has 1 rings (SSSR count). The van der Waals surface area contributed by atoms with Crippen molar-refractivity contribution in [1.82, 2.24) is 0 Å². The van der Waals surface area contributed by atoms with E-state index in [1.807, 2.05) is 20.8 Å². The number of aliphatic hydroxyl groups is 1. The third kappa shape index (κ3) is 8.41. The minimum atomic E-state index is -4.72. The molecule has 7 heteroatoms. The Balaban J connectivity index is 2.46. The minimum absolute atomic E-state index is 0.134. The van der Waals surface area contributed by atoms with E-state index in [0.29, 0.717) is 5.69 Å². The van der Waals surface area contributed by atoms with Gasteiger partial charge in [0, 0.05) is 18.3 Å². The van der Waals surface area contributed by atoms with Crippen LogP contribution < -0.4 is 10.1 Å². The zero-order chi connectivity index (χ0) is 16.1. The number of aliphatic hydroxyl groups excluding tert-OH is 1. The lowest BCUT2D eigenvalue weighted by atomic mass is 10.2. The van der Waals surface area contributed by atoms with E-state index in [0.717, 1.165) is 0 Å². The van der Waals surface area contributed by atoms with Crippen molar-refractivity contribution in [2.75, 3.05) is 18.5 Å². The predicted octanol–water partition coefficient (Wildman–Crippen LogP) is 3.17. The Morgan fingerprint density at radius 3 is 2.48 bits per heavy atom. The lowest BCUT2D eigenvalue weighted by Gasteiger charge is -2.22. The van der Waals surface area contributed by atoms with Crippen LogP contribution in [0.25, 0.3) is 0 Å². The van der Waals surface area contributed by atoms with Gasteiger partial charge in [0.1, 0.15) is 5.75 Å². The molecule has 21 heavy (non-hydrogen) atoms. The molecule has 1 aromatic carbocycles. The predicted molar refractivity (Wildman–Crippen MR) is 73.3 cm³/mol. The van der Waals surface area contributed by atoms with Gasteiger partial charge in [0.25, 0.3) is 0 Å². The molecule has 0 amide bonds. The molecule has 120 valence electrons. The molecule has 2 N–H and O–H groups in total. The number of hydrogen-bond acceptors (Lipinski definition) is 4. The van der Waals surface area contributed by atoms with Crippen LogP contribution in [0.15, 0.2) is 24.3 Å². The van der Waals surface area contributed by atoms with E-state index in [2.05, 4.69) is 10.1 Å². The molecule has 0 radical (unpaired) electrons. The van der Waals surface area contributed by atoms with E-state index in [-0.39, 0.29) is 24.5 Å². The summed E-state index contributed by atoms with van der Waals surface area (Å²) in [7, 11) is 0. The molecule has 0 aliphatic heterocycles. The van der Waals surface area contributed by atoms with Gasteiger partial charge < -0.3 is 19.9 Å². The summed E-state index contributed by atoms with van der Waals surface area (Å²) in [5.74, 6) is -0.312. The molecule has 0 saturated heterocycles. The summed E-state index contributed by atoms with van der Waals surface area (Å²) in [6.45, 7) is 5.89. The molecule has 0 aliphatic carbocycles. The van der Waals surface area contributed by atoms with Gasteiger partial charge in [-0.2, -0.15) is 0 Å². The monoisotopic (exact) mass is 307 g/mol. The Bertz CT molecular complexity index is 444. The fourth-order valence-electron chi connectivity index (χ4n) is 1.44. The van der Waals surface area contributed by atoms with E-state index in [9.17, 15) is 18.3 Å². The number of halogens is 3. The SMILES string of the molecule is CC(C)(C)OCC(O)CNc1cccc(OC(F)(F)F)c1. The van der Waals surface area contributed by atoms with Crippen molar-refractivity contribution < 1.29 is 27.8 Å². The molecular formula is C14H20F3NO3. The Labute approximate surface area is 121 Å². The fourth-order valence-corrected chi connectivity index (χ4v) is 1.44. The van der Waals surface area contributed by atoms with Crippen LogP contribution >= 0.6 is 0 Å². The average molecular weight is 307 g/mol. The van der Waals surface area contributed by atoms with Crippen LogP contribution in [-0.4, -0.2) is 36.3 Å². The molecule has 0 aliphatic rings. The van der Waals surface area contributed by atoms with Gasteiger partial charge in [-0.15, -0.1) is 13.2 Å². The number of benzene rings is 1. The van der Waals surface area contributed by atoms with E-state index in [1.165, 1.54) is 18.2 Å². The van der Waals surface area contributed by atoms with Crippen LogP contribution in [0.1, 0.15) is 20.8 Å². The topological polar surface area (TPSA) is 50.7 Å². The van der Waals surface area contributed by atoms with Gasteiger partial charge in [-0.1, -0.05) is 6.07 Å². The van der Waals surface area contributed by atoms with Gasteiger partial charge in [-0.05, 0) is 32.9 Å². The number of hydrogen-bond donors (Lipinski definition) is 2. The van der Waals surface area contributed by atoms with Crippen LogP contribution in [-0.2, 0) is 4.74 Å². The highest BCUT2D eigenvalue weighted by Crippen LogP contribution is 2.25. The maximum Gasteiger partial charge on any atom is 0.573 e. The highest BCUT2D eigenvalue weighted by Gasteiger charge is 2.31. The second-order valence-corrected chi connectivity index (χ2v) is 5.53. The lowest BCUT2D eigenvalue weighted by molar-refractivity contribution is -0.274. The van der Waals surface area contributed by atoms with E-state index in [4.69, 9.17) is 4.74 Å². The number of ether oxygens (including phenoxy) is 2. The molecule has 0 bridgehead atoms. The molecule has 1 atom stereocenters. The van der Waals surface area contributed by atoms with Crippen LogP contribution in [0.3, 0.4) is 0 Å². The normalized spacial score (nSPS) is 13.9. The molecule has 1 aromatic rings. The van der Waals surface area contributed by atoms with Crippen molar-refractivity contribution in [3.8, 4) is 5.75 Å². The first-order valence-electron chi connectivity index (χ1n) is 6.47. The van der Waals surface area contributed by atoms with Crippen molar-refractivity contribution in [2.45, 2.75) is 38.8 Å². The van der Waals surface area contributed by atoms with Gasteiger partial charge in [0.15, 0.2) is 0 Å². The minimum Gasteiger partial charge on any atom is -0.406 e. The Kier molecular flexibility index (Phi) is 5.86. The van der Waals surface area contributed by atoms with Gasteiger partial charge in [0.05, 0.1) is 18.3 Å². The van der Waals surface area contributed by atoms with Crippen molar-refractivity contribution in [3.05, 3.63) is 24.3 Å². The smallest absolute Gasteiger partial charge is 0.406 e. The zero-order valence-electron chi connectivity index (χ0n) is 12.2. The zero-order valence-corrected chi connectivity index (χ0v) is 12.2. The van der Waals surface area contributed by atoms with Gasteiger partial charge >= 0.3 is 6.36 Å². The standard InChI is InChI=1S/C14H20F3NO3/c1-13(2,3)20-9-11(19)8-18-10-5-4-6-12(7-10)21-14(15,16)17/h4-7,11,18-19H,8-9H2,1-3H3. The Morgan fingerprint density at radius 1 is 1.24 bits per heavy atom. The van der Waals surface area contributed by atoms with E-state index in [1.54, 1.807) is 6.07 Å². The number of rotatable bonds is 6. The highest BCUT2D eigenvalue weighted by atomic mass is 19.4. The second-order valence-electron chi connectivity index (χ2n) is 5.53. The largest absolute Gasteiger partial charge is 0.573 e. The molecule has 0 aromatic heterocycles. The molecule has 0 fully saturated rings. The summed E-state index contributed by atoms with van der Waals surface area (Å²) in [6.07, 6.45) is -5.49. The number of nitrogens with one attached hydrogen (secondary N) is 1. The van der Waals surface area contributed by atoms with Crippen LogP contribution in [0, 0.1) is 0 Å². The summed E-state index contributed by atoms with van der Waals surface area (Å²) in [4.78, 5) is 0. The summed E-state index contributed by atoms with van der Waals surface area (Å²) in [5, 5.41) is 12.6. The van der Waals surface area contributed by atoms with E-state index < -0.39 is 12.5 Å². The van der Waals surface area contributed by atoms with Gasteiger partial charge in [-0.3, -0.25) is 0 Å². The molecular weight excluding hydrogens is 287 g/mol. The maximum atomic E-state index is 12.1. The fraction of sp³-hybridized carbons (Fsp3) is 0.571. The summed E-state index contributed by atoms with van der Waals surface area (Å²) < 4.78 is 45.5. The molecule has 1 unspecified atom stereocenters. The average Bonchev–Trinajstić information content (AvgIpc) is 2.31. The number of alkyl halides is 3. The molecule has 0 spiro atoms. The summed E-state index contributed by atoms with van der Waals surface area (Å²) in [5.41, 5.74) is 0.0631. The third-order valence-corrected chi connectivity index (χ3v) is 2.32. The number of anilines is 1. The maximum absolute atomic E-state index is 12.1. The van der Waals surface area contributed by atoms with Crippen LogP contribution in [0.2, 0.25) is 0 Å². The first-order valence-corrected chi connectivity index (χ1v) is 6.47. The van der Waals surface area contributed by atoms with E-state index >= 15 is 0 Å². The molecule has 0 saturated carbocycles. The summed E-state index contributed by atoms with van der Waals surface area (Å²) >= 11 is 0. The summed E-state index contributed by atoms with van der Waals surface area (Å²) in [6, 6.07) is 5.44. The lowest BCUT2D eigenvalue weighted by Crippen LogP contribution is -2.30. The highest BCUT2D eigenvalue weighted by molar-refractivity contribution is 5.48. The Morgan fingerprint density at radius 2 is 1.90 bits per heavy atom. The van der Waals surface area contributed by atoms with Crippen molar-refractivity contribution in [3.63, 3.8) is 0 Å². The van der Waals surface area contributed by atoms with Crippen molar-refractivity contribution >= 4 is 5.69 Å². The Hall–Kier alpha value is -1.47. The first kappa shape index (κ1) is 17.6. The van der Waals surface area contributed by atoms with Crippen LogP contribution in [0.4, 0.5) is 18.9 Å².